The van der Waals surface area contributed by atoms with E-state index in [0.29, 0.717) is 13.0 Å². The average molecular weight is 267 g/mol. The molecule has 0 aliphatic carbocycles. The van der Waals surface area contributed by atoms with E-state index in [1.54, 1.807) is 0 Å². The van der Waals surface area contributed by atoms with Gasteiger partial charge in [-0.05, 0) is 19.3 Å². The summed E-state index contributed by atoms with van der Waals surface area (Å²) in [6, 6.07) is 0. The van der Waals surface area contributed by atoms with Crippen LogP contribution in [0.15, 0.2) is 0 Å². The largest absolute Gasteiger partial charge is 0.406 e. The number of amides is 1. The zero-order chi connectivity index (χ0) is 13.6. The summed E-state index contributed by atoms with van der Waals surface area (Å²) in [6.45, 7) is 1.50. The lowest BCUT2D eigenvalue weighted by Crippen LogP contribution is -2.40. The SMILES string of the molecule is CCCCN(CC(F)(F)F)C(=O)CC1CCCO1. The number of halogens is 3. The number of carbonyl (C=O) groups excluding carboxylic acids is 1. The fourth-order valence-corrected chi connectivity index (χ4v) is 1.99. The van der Waals surface area contributed by atoms with Crippen molar-refractivity contribution in [3.8, 4) is 0 Å². The highest BCUT2D eigenvalue weighted by molar-refractivity contribution is 5.76. The Labute approximate surface area is 105 Å². The van der Waals surface area contributed by atoms with Crippen molar-refractivity contribution in [2.24, 2.45) is 0 Å². The van der Waals surface area contributed by atoms with Gasteiger partial charge in [-0.15, -0.1) is 0 Å². The van der Waals surface area contributed by atoms with Gasteiger partial charge in [0.25, 0.3) is 0 Å². The molecular weight excluding hydrogens is 247 g/mol. The van der Waals surface area contributed by atoms with Crippen LogP contribution in [-0.4, -0.2) is 42.8 Å². The first-order valence-electron chi connectivity index (χ1n) is 6.38. The summed E-state index contributed by atoms with van der Waals surface area (Å²) in [5.74, 6) is -0.451. The van der Waals surface area contributed by atoms with Crippen molar-refractivity contribution in [1.29, 1.82) is 0 Å². The Morgan fingerprint density at radius 1 is 1.44 bits per heavy atom. The number of rotatable bonds is 6. The third kappa shape index (κ3) is 5.71. The molecule has 106 valence electrons. The van der Waals surface area contributed by atoms with Gasteiger partial charge in [-0.1, -0.05) is 13.3 Å². The summed E-state index contributed by atoms with van der Waals surface area (Å²) >= 11 is 0. The molecular formula is C12H20F3NO2. The minimum absolute atomic E-state index is 0.0692. The lowest BCUT2D eigenvalue weighted by atomic mass is 10.1. The predicted octanol–water partition coefficient (Wildman–Crippen LogP) is 2.75. The maximum Gasteiger partial charge on any atom is 0.406 e. The Hall–Kier alpha value is -0.780. The number of ether oxygens (including phenoxy) is 1. The van der Waals surface area contributed by atoms with Crippen molar-refractivity contribution in [1.82, 2.24) is 4.90 Å². The van der Waals surface area contributed by atoms with E-state index in [-0.39, 0.29) is 19.1 Å². The van der Waals surface area contributed by atoms with Gasteiger partial charge >= 0.3 is 6.18 Å². The minimum atomic E-state index is -4.33. The van der Waals surface area contributed by atoms with Gasteiger partial charge in [0, 0.05) is 13.2 Å². The first kappa shape index (κ1) is 15.3. The molecule has 1 fully saturated rings. The van der Waals surface area contributed by atoms with Gasteiger partial charge < -0.3 is 9.64 Å². The normalized spacial score (nSPS) is 20.1. The molecule has 1 unspecified atom stereocenters. The summed E-state index contributed by atoms with van der Waals surface area (Å²) in [5, 5.41) is 0. The highest BCUT2D eigenvalue weighted by Crippen LogP contribution is 2.20. The second-order valence-electron chi connectivity index (χ2n) is 4.62. The summed E-state index contributed by atoms with van der Waals surface area (Å²) in [6.07, 6.45) is -1.46. The van der Waals surface area contributed by atoms with Crippen LogP contribution in [0.25, 0.3) is 0 Å². The highest BCUT2D eigenvalue weighted by Gasteiger charge is 2.33. The van der Waals surface area contributed by atoms with Crippen LogP contribution >= 0.6 is 0 Å². The molecule has 1 aliphatic rings. The van der Waals surface area contributed by atoms with Crippen molar-refractivity contribution >= 4 is 5.91 Å². The predicted molar refractivity (Wildman–Crippen MR) is 61.1 cm³/mol. The van der Waals surface area contributed by atoms with Gasteiger partial charge in [0.15, 0.2) is 0 Å². The fraction of sp³-hybridized carbons (Fsp3) is 0.917. The minimum Gasteiger partial charge on any atom is -0.378 e. The van der Waals surface area contributed by atoms with Gasteiger partial charge in [-0.25, -0.2) is 0 Å². The van der Waals surface area contributed by atoms with E-state index in [4.69, 9.17) is 4.74 Å². The zero-order valence-electron chi connectivity index (χ0n) is 10.6. The Morgan fingerprint density at radius 2 is 2.17 bits per heavy atom. The van der Waals surface area contributed by atoms with Gasteiger partial charge in [-0.2, -0.15) is 13.2 Å². The molecule has 0 spiro atoms. The van der Waals surface area contributed by atoms with Crippen molar-refractivity contribution in [3.63, 3.8) is 0 Å². The molecule has 1 atom stereocenters. The second-order valence-corrected chi connectivity index (χ2v) is 4.62. The number of hydrogen-bond donors (Lipinski definition) is 0. The topological polar surface area (TPSA) is 29.5 Å². The van der Waals surface area contributed by atoms with Crippen molar-refractivity contribution in [2.45, 2.75) is 51.3 Å². The number of alkyl halides is 3. The third-order valence-corrected chi connectivity index (χ3v) is 2.93. The van der Waals surface area contributed by atoms with Gasteiger partial charge in [0.2, 0.25) is 5.91 Å². The van der Waals surface area contributed by atoms with Crippen LogP contribution < -0.4 is 0 Å². The molecule has 0 aromatic heterocycles. The van der Waals surface area contributed by atoms with E-state index in [1.807, 2.05) is 6.92 Å². The lowest BCUT2D eigenvalue weighted by Gasteiger charge is -2.25. The number of carbonyl (C=O) groups is 1. The summed E-state index contributed by atoms with van der Waals surface area (Å²) < 4.78 is 42.4. The third-order valence-electron chi connectivity index (χ3n) is 2.93. The summed E-state index contributed by atoms with van der Waals surface area (Å²) in [4.78, 5) is 12.7. The van der Waals surface area contributed by atoms with Crippen LogP contribution in [0.3, 0.4) is 0 Å². The quantitative estimate of drug-likeness (QED) is 0.740. The van der Waals surface area contributed by atoms with Crippen molar-refractivity contribution < 1.29 is 22.7 Å². The van der Waals surface area contributed by atoms with Crippen LogP contribution in [0.5, 0.6) is 0 Å². The van der Waals surface area contributed by atoms with Crippen molar-refractivity contribution in [2.75, 3.05) is 19.7 Å². The number of hydrogen-bond acceptors (Lipinski definition) is 2. The molecule has 0 radical (unpaired) electrons. The van der Waals surface area contributed by atoms with Crippen LogP contribution in [0.1, 0.15) is 39.0 Å². The van der Waals surface area contributed by atoms with Crippen LogP contribution in [0, 0.1) is 0 Å². The van der Waals surface area contributed by atoms with E-state index in [1.165, 1.54) is 0 Å². The van der Waals surface area contributed by atoms with Crippen LogP contribution in [0.2, 0.25) is 0 Å². The molecule has 0 aromatic rings. The van der Waals surface area contributed by atoms with E-state index < -0.39 is 18.6 Å². The first-order chi connectivity index (χ1) is 8.42. The molecule has 1 amide bonds. The Kier molecular flexibility index (Phi) is 5.91. The maximum atomic E-state index is 12.4. The molecule has 6 heteroatoms. The molecule has 1 saturated heterocycles. The van der Waals surface area contributed by atoms with Crippen molar-refractivity contribution in [3.05, 3.63) is 0 Å². The lowest BCUT2D eigenvalue weighted by molar-refractivity contribution is -0.162. The van der Waals surface area contributed by atoms with E-state index >= 15 is 0 Å². The van der Waals surface area contributed by atoms with E-state index in [9.17, 15) is 18.0 Å². The molecule has 18 heavy (non-hydrogen) atoms. The molecule has 1 rings (SSSR count). The molecule has 0 aromatic carbocycles. The molecule has 1 aliphatic heterocycles. The monoisotopic (exact) mass is 267 g/mol. The average Bonchev–Trinajstić information content (AvgIpc) is 2.75. The Balaban J connectivity index is 2.48. The molecule has 0 N–H and O–H groups in total. The second kappa shape index (κ2) is 6.97. The molecule has 0 saturated carbocycles. The van der Waals surface area contributed by atoms with Gasteiger partial charge in [0.05, 0.1) is 12.5 Å². The highest BCUT2D eigenvalue weighted by atomic mass is 19.4. The first-order valence-corrected chi connectivity index (χ1v) is 6.38. The number of unbranched alkanes of at least 4 members (excludes halogenated alkanes) is 1. The fourth-order valence-electron chi connectivity index (χ4n) is 1.99. The van der Waals surface area contributed by atoms with Crippen LogP contribution in [-0.2, 0) is 9.53 Å². The molecule has 1 heterocycles. The van der Waals surface area contributed by atoms with Gasteiger partial charge in [-0.3, -0.25) is 4.79 Å². The number of nitrogens with zero attached hydrogens (tertiary/aromatic N) is 1. The standard InChI is InChI=1S/C12H20F3NO2/c1-2-3-6-16(9-12(13,14)15)11(17)8-10-5-4-7-18-10/h10H,2-9H2,1H3. The smallest absolute Gasteiger partial charge is 0.378 e. The Bertz CT molecular complexity index is 263. The summed E-state index contributed by atoms with van der Waals surface area (Å²) in [5.41, 5.74) is 0. The zero-order valence-corrected chi connectivity index (χ0v) is 10.6. The van der Waals surface area contributed by atoms with Gasteiger partial charge in [0.1, 0.15) is 6.54 Å². The Morgan fingerprint density at radius 3 is 2.67 bits per heavy atom. The maximum absolute atomic E-state index is 12.4. The summed E-state index contributed by atoms with van der Waals surface area (Å²) in [7, 11) is 0. The van der Waals surface area contributed by atoms with Crippen LogP contribution in [0.4, 0.5) is 13.2 Å². The van der Waals surface area contributed by atoms with E-state index in [0.717, 1.165) is 24.2 Å². The molecule has 3 nitrogen and oxygen atoms in total. The molecule has 0 bridgehead atoms. The van der Waals surface area contributed by atoms with E-state index in [2.05, 4.69) is 0 Å².